The summed E-state index contributed by atoms with van der Waals surface area (Å²) in [4.78, 5) is 15.9. The van der Waals surface area contributed by atoms with Crippen LogP contribution in [0.25, 0.3) is 11.1 Å². The predicted octanol–water partition coefficient (Wildman–Crippen LogP) is 3.15. The lowest BCUT2D eigenvalue weighted by Gasteiger charge is -2.21. The average Bonchev–Trinajstić information content (AvgIpc) is 2.69. The van der Waals surface area contributed by atoms with Crippen molar-refractivity contribution in [3.05, 3.63) is 59.7 Å². The van der Waals surface area contributed by atoms with Gasteiger partial charge in [0.2, 0.25) is 5.91 Å². The molecule has 3 nitrogen and oxygen atoms in total. The second-order valence-electron chi connectivity index (χ2n) is 6.06. The minimum Gasteiger partial charge on any atom is -0.349 e. The van der Waals surface area contributed by atoms with Crippen LogP contribution in [0.3, 0.4) is 0 Å². The first kappa shape index (κ1) is 14.8. The Bertz CT molecular complexity index is 631. The molecule has 0 fully saturated rings. The van der Waals surface area contributed by atoms with Crippen molar-refractivity contribution in [2.45, 2.75) is 19.5 Å². The van der Waals surface area contributed by atoms with Crippen LogP contribution in [-0.4, -0.2) is 36.3 Å². The summed E-state index contributed by atoms with van der Waals surface area (Å²) in [6.45, 7) is 2.58. The summed E-state index contributed by atoms with van der Waals surface area (Å²) >= 11 is 0. The number of amides is 1. The van der Waals surface area contributed by atoms with Crippen LogP contribution in [-0.2, 0) is 17.9 Å². The molecule has 0 radical (unpaired) electrons. The highest BCUT2D eigenvalue weighted by atomic mass is 16.2. The molecular weight excluding hydrogens is 272 g/mol. The number of nitrogens with zero attached hydrogens (tertiary/aromatic N) is 2. The van der Waals surface area contributed by atoms with Crippen LogP contribution < -0.4 is 0 Å². The minimum absolute atomic E-state index is 0.186. The Kier molecular flexibility index (Phi) is 4.25. The lowest BCUT2D eigenvalue weighted by atomic mass is 9.97. The molecule has 1 heterocycles. The predicted molar refractivity (Wildman–Crippen MR) is 89.3 cm³/mol. The first-order chi connectivity index (χ1) is 10.6. The molecule has 3 rings (SSSR count). The highest BCUT2D eigenvalue weighted by Gasteiger charge is 2.19. The Hall–Kier alpha value is -2.13. The van der Waals surface area contributed by atoms with Crippen LogP contribution in [0.5, 0.6) is 0 Å². The normalized spacial score (nSPS) is 13.9. The van der Waals surface area contributed by atoms with E-state index in [1.54, 1.807) is 4.90 Å². The lowest BCUT2D eigenvalue weighted by molar-refractivity contribution is -0.129. The van der Waals surface area contributed by atoms with Crippen LogP contribution in [0.2, 0.25) is 0 Å². The molecular formula is C19H22N2O. The third-order valence-corrected chi connectivity index (χ3v) is 4.25. The van der Waals surface area contributed by atoms with E-state index in [2.05, 4.69) is 53.4 Å². The van der Waals surface area contributed by atoms with Crippen LogP contribution in [0.4, 0.5) is 0 Å². The van der Waals surface area contributed by atoms with E-state index in [1.807, 2.05) is 14.1 Å². The van der Waals surface area contributed by atoms with Gasteiger partial charge in [-0.2, -0.15) is 0 Å². The van der Waals surface area contributed by atoms with E-state index in [4.69, 9.17) is 0 Å². The zero-order valence-electron chi connectivity index (χ0n) is 13.2. The van der Waals surface area contributed by atoms with E-state index in [9.17, 15) is 4.79 Å². The van der Waals surface area contributed by atoms with E-state index in [0.29, 0.717) is 6.42 Å². The fourth-order valence-corrected chi connectivity index (χ4v) is 3.02. The Balaban J connectivity index is 1.87. The second kappa shape index (κ2) is 6.32. The van der Waals surface area contributed by atoms with Gasteiger partial charge >= 0.3 is 0 Å². The largest absolute Gasteiger partial charge is 0.349 e. The molecule has 1 aliphatic rings. The summed E-state index contributed by atoms with van der Waals surface area (Å²) < 4.78 is 0. The molecule has 0 N–H and O–H groups in total. The summed E-state index contributed by atoms with van der Waals surface area (Å²) in [6.07, 6.45) is 0.567. The summed E-state index contributed by atoms with van der Waals surface area (Å²) in [6, 6.07) is 17.2. The number of hydrogen-bond acceptors (Lipinski definition) is 2. The Morgan fingerprint density at radius 1 is 0.955 bits per heavy atom. The van der Waals surface area contributed by atoms with Gasteiger partial charge in [-0.25, -0.2) is 0 Å². The number of carbonyl (C=O) groups excluding carboxylic acids is 1. The molecule has 0 atom stereocenters. The maximum Gasteiger partial charge on any atom is 0.223 e. The third kappa shape index (κ3) is 3.04. The fraction of sp³-hybridized carbons (Fsp3) is 0.316. The van der Waals surface area contributed by atoms with Crippen molar-refractivity contribution in [2.75, 3.05) is 20.6 Å². The van der Waals surface area contributed by atoms with E-state index in [0.717, 1.165) is 19.6 Å². The van der Waals surface area contributed by atoms with Gasteiger partial charge in [0.15, 0.2) is 0 Å². The van der Waals surface area contributed by atoms with Crippen molar-refractivity contribution in [2.24, 2.45) is 0 Å². The Labute approximate surface area is 132 Å². The topological polar surface area (TPSA) is 23.6 Å². The van der Waals surface area contributed by atoms with Crippen molar-refractivity contribution in [3.63, 3.8) is 0 Å². The summed E-state index contributed by atoms with van der Waals surface area (Å²) in [5.41, 5.74) is 5.31. The van der Waals surface area contributed by atoms with Crippen LogP contribution in [0, 0.1) is 0 Å². The number of benzene rings is 2. The quantitative estimate of drug-likeness (QED) is 0.868. The molecule has 3 heteroatoms. The van der Waals surface area contributed by atoms with E-state index in [-0.39, 0.29) is 5.91 Å². The fourth-order valence-electron chi connectivity index (χ4n) is 3.02. The number of carbonyl (C=O) groups is 1. The molecule has 0 spiro atoms. The number of fused-ring (bicyclic) bond motifs is 3. The standard InChI is InChI=1S/C19H22N2O/c1-20(2)19(22)11-12-21-13-15-7-3-5-9-17(15)18-10-6-4-8-16(18)14-21/h3-10H,11-14H2,1-2H3. The second-order valence-corrected chi connectivity index (χ2v) is 6.06. The highest BCUT2D eigenvalue weighted by Crippen LogP contribution is 2.32. The van der Waals surface area contributed by atoms with Gasteiger partial charge in [0.25, 0.3) is 0 Å². The highest BCUT2D eigenvalue weighted by molar-refractivity contribution is 5.75. The van der Waals surface area contributed by atoms with Crippen molar-refractivity contribution >= 4 is 5.91 Å². The molecule has 0 aliphatic carbocycles. The molecule has 1 aliphatic heterocycles. The van der Waals surface area contributed by atoms with E-state index < -0.39 is 0 Å². The molecule has 0 bridgehead atoms. The van der Waals surface area contributed by atoms with Gasteiger partial charge in [-0.3, -0.25) is 9.69 Å². The van der Waals surface area contributed by atoms with E-state index >= 15 is 0 Å². The zero-order chi connectivity index (χ0) is 15.5. The van der Waals surface area contributed by atoms with Crippen molar-refractivity contribution in [1.29, 1.82) is 0 Å². The molecule has 0 saturated heterocycles. The minimum atomic E-state index is 0.186. The average molecular weight is 294 g/mol. The first-order valence-electron chi connectivity index (χ1n) is 7.74. The molecule has 1 amide bonds. The summed E-state index contributed by atoms with van der Waals surface area (Å²) in [5.74, 6) is 0.186. The number of rotatable bonds is 3. The van der Waals surface area contributed by atoms with Gasteiger partial charge in [-0.1, -0.05) is 48.5 Å². The monoisotopic (exact) mass is 294 g/mol. The van der Waals surface area contributed by atoms with Crippen molar-refractivity contribution < 1.29 is 4.79 Å². The van der Waals surface area contributed by atoms with Gasteiger partial charge < -0.3 is 4.90 Å². The molecule has 0 unspecified atom stereocenters. The molecule has 0 aromatic heterocycles. The molecule has 2 aromatic carbocycles. The smallest absolute Gasteiger partial charge is 0.223 e. The lowest BCUT2D eigenvalue weighted by Crippen LogP contribution is -2.29. The van der Waals surface area contributed by atoms with Crippen LogP contribution >= 0.6 is 0 Å². The number of hydrogen-bond donors (Lipinski definition) is 0. The Morgan fingerprint density at radius 2 is 1.45 bits per heavy atom. The maximum absolute atomic E-state index is 11.9. The van der Waals surface area contributed by atoms with Crippen molar-refractivity contribution in [1.82, 2.24) is 9.80 Å². The van der Waals surface area contributed by atoms with Crippen LogP contribution in [0.1, 0.15) is 17.5 Å². The van der Waals surface area contributed by atoms with Crippen molar-refractivity contribution in [3.8, 4) is 11.1 Å². The summed E-state index contributed by atoms with van der Waals surface area (Å²) in [7, 11) is 3.63. The first-order valence-corrected chi connectivity index (χ1v) is 7.74. The zero-order valence-corrected chi connectivity index (χ0v) is 13.2. The SMILES string of the molecule is CN(C)C(=O)CCN1Cc2ccccc2-c2ccccc2C1. The van der Waals surface area contributed by atoms with Gasteiger partial charge in [-0.15, -0.1) is 0 Å². The molecule has 0 saturated carbocycles. The maximum atomic E-state index is 11.9. The molecule has 22 heavy (non-hydrogen) atoms. The Morgan fingerprint density at radius 3 is 1.95 bits per heavy atom. The van der Waals surface area contributed by atoms with Gasteiger partial charge in [-0.05, 0) is 22.3 Å². The van der Waals surface area contributed by atoms with E-state index in [1.165, 1.54) is 22.3 Å². The van der Waals surface area contributed by atoms with Gasteiger partial charge in [0, 0.05) is 40.2 Å². The third-order valence-electron chi connectivity index (χ3n) is 4.25. The van der Waals surface area contributed by atoms with Gasteiger partial charge in [0.1, 0.15) is 0 Å². The van der Waals surface area contributed by atoms with Gasteiger partial charge in [0.05, 0.1) is 0 Å². The summed E-state index contributed by atoms with van der Waals surface area (Å²) in [5, 5.41) is 0. The van der Waals surface area contributed by atoms with Crippen LogP contribution in [0.15, 0.2) is 48.5 Å². The molecule has 114 valence electrons. The molecule has 2 aromatic rings.